The molecular formula is C6H12NO. The van der Waals surface area contributed by atoms with Gasteiger partial charge in [0, 0.05) is 11.6 Å². The molecule has 0 aliphatic carbocycles. The monoisotopic (exact) mass is 114 g/mol. The molecule has 0 atom stereocenters. The molecule has 47 valence electrons. The number of hydrogen-bond donors (Lipinski definition) is 0. The normalized spacial score (nSPS) is 10.0. The Morgan fingerprint density at radius 3 is 1.38 bits per heavy atom. The van der Waals surface area contributed by atoms with Gasteiger partial charge in [-0.05, 0) is 6.92 Å². The minimum atomic E-state index is -0.139. The van der Waals surface area contributed by atoms with Crippen molar-refractivity contribution in [3.63, 3.8) is 0 Å². The molecule has 0 aliphatic rings. The van der Waals surface area contributed by atoms with Gasteiger partial charge in [-0.3, -0.25) is 4.79 Å². The van der Waals surface area contributed by atoms with Crippen molar-refractivity contribution in [1.29, 1.82) is 0 Å². The van der Waals surface area contributed by atoms with Crippen molar-refractivity contribution >= 4 is 5.78 Å². The molecule has 2 heteroatoms. The van der Waals surface area contributed by atoms with Crippen LogP contribution in [0.2, 0.25) is 0 Å². The highest BCUT2D eigenvalue weighted by atomic mass is 16.1. The van der Waals surface area contributed by atoms with Crippen LogP contribution in [0, 0.1) is 5.41 Å². The van der Waals surface area contributed by atoms with E-state index in [-0.39, 0.29) is 17.3 Å². The highest BCUT2D eigenvalue weighted by Gasteiger charge is 2.14. The van der Waals surface area contributed by atoms with Gasteiger partial charge < -0.3 is 0 Å². The summed E-state index contributed by atoms with van der Waals surface area (Å²) >= 11 is 0. The number of nitrogens with zero attached hydrogens (tertiary/aromatic N) is 1. The second kappa shape index (κ2) is 2.82. The van der Waals surface area contributed by atoms with Gasteiger partial charge >= 0.3 is 0 Å². The molecule has 0 rings (SSSR count). The highest BCUT2D eigenvalue weighted by molar-refractivity contribution is 5.80. The first kappa shape index (κ1) is 10.6. The highest BCUT2D eigenvalue weighted by Crippen LogP contribution is 2.12. The lowest BCUT2D eigenvalue weighted by Gasteiger charge is -2.11. The van der Waals surface area contributed by atoms with E-state index in [0.29, 0.717) is 0 Å². The topological polar surface area (TPSA) is 47.6 Å². The van der Waals surface area contributed by atoms with Crippen LogP contribution in [0.1, 0.15) is 27.7 Å². The number of hydrogen-bond acceptors (Lipinski definition) is 1. The van der Waals surface area contributed by atoms with Crippen LogP contribution < -0.4 is 6.15 Å². The lowest BCUT2D eigenvalue weighted by Crippen LogP contribution is -2.15. The average Bonchev–Trinajstić information content (AvgIpc) is 1.31. The summed E-state index contributed by atoms with van der Waals surface area (Å²) in [5.41, 5.74) is -0.139. The van der Waals surface area contributed by atoms with E-state index in [1.165, 1.54) is 0 Å². The first-order valence-corrected chi connectivity index (χ1v) is 2.45. The fourth-order valence-corrected chi connectivity index (χ4v) is 0. The molecule has 0 bridgehead atoms. The molecule has 0 spiro atoms. The van der Waals surface area contributed by atoms with E-state index in [2.05, 4.69) is 0 Å². The van der Waals surface area contributed by atoms with Gasteiger partial charge in [-0.2, -0.15) is 0 Å². The van der Waals surface area contributed by atoms with Crippen molar-refractivity contribution in [3.05, 3.63) is 0 Å². The fourth-order valence-electron chi connectivity index (χ4n) is 0. The van der Waals surface area contributed by atoms with Crippen molar-refractivity contribution in [3.8, 4) is 0 Å². The molecule has 0 aromatic rings. The third kappa shape index (κ3) is 3.81. The lowest BCUT2D eigenvalue weighted by atomic mass is 9.92. The maximum absolute atomic E-state index is 10.5. The van der Waals surface area contributed by atoms with Crippen molar-refractivity contribution < 1.29 is 4.79 Å². The summed E-state index contributed by atoms with van der Waals surface area (Å²) in [5, 5.41) is 0. The predicted molar refractivity (Wildman–Crippen MR) is 32.3 cm³/mol. The molecule has 0 saturated heterocycles. The quantitative estimate of drug-likeness (QED) is 0.465. The van der Waals surface area contributed by atoms with Gasteiger partial charge in [-0.25, -0.2) is 0 Å². The molecule has 0 aromatic carbocycles. The van der Waals surface area contributed by atoms with Crippen LogP contribution in [0.25, 0.3) is 0 Å². The largest absolute Gasteiger partial charge is 0.299 e. The maximum Gasteiger partial charge on any atom is 0.135 e. The van der Waals surface area contributed by atoms with Gasteiger partial charge in [0.1, 0.15) is 5.78 Å². The van der Waals surface area contributed by atoms with Crippen molar-refractivity contribution in [1.82, 2.24) is 6.15 Å². The van der Waals surface area contributed by atoms with E-state index in [0.717, 1.165) is 0 Å². The zero-order valence-corrected chi connectivity index (χ0v) is 5.86. The molecule has 8 heavy (non-hydrogen) atoms. The van der Waals surface area contributed by atoms with Gasteiger partial charge in [0.05, 0.1) is 0 Å². The van der Waals surface area contributed by atoms with Crippen LogP contribution in [0.15, 0.2) is 0 Å². The molecule has 0 aliphatic heterocycles. The van der Waals surface area contributed by atoms with Crippen LogP contribution in [-0.4, -0.2) is 5.78 Å². The average molecular weight is 114 g/mol. The summed E-state index contributed by atoms with van der Waals surface area (Å²) in [5.74, 6) is 0.243. The Morgan fingerprint density at radius 1 is 1.25 bits per heavy atom. The molecule has 0 aromatic heterocycles. The zero-order valence-electron chi connectivity index (χ0n) is 5.86. The zero-order chi connectivity index (χ0) is 6.08. The Labute approximate surface area is 50.9 Å². The van der Waals surface area contributed by atoms with Crippen molar-refractivity contribution in [2.24, 2.45) is 5.41 Å². The molecule has 0 amide bonds. The number of rotatable bonds is 0. The summed E-state index contributed by atoms with van der Waals surface area (Å²) in [6, 6.07) is 0. The second-order valence-corrected chi connectivity index (χ2v) is 2.81. The standard InChI is InChI=1S/C6H12O.N/c1-5(7)6(2,3)4;/h1-4H3;. The third-order valence-electron chi connectivity index (χ3n) is 1.06. The summed E-state index contributed by atoms with van der Waals surface area (Å²) in [6.45, 7) is 7.35. The van der Waals surface area contributed by atoms with Crippen LogP contribution in [-0.2, 0) is 4.79 Å². The summed E-state index contributed by atoms with van der Waals surface area (Å²) in [6.07, 6.45) is 0. The smallest absolute Gasteiger partial charge is 0.135 e. The van der Waals surface area contributed by atoms with Gasteiger partial charge in [0.15, 0.2) is 0 Å². The molecule has 0 N–H and O–H groups in total. The van der Waals surface area contributed by atoms with Gasteiger partial charge in [0.2, 0.25) is 0 Å². The molecule has 0 heterocycles. The lowest BCUT2D eigenvalue weighted by molar-refractivity contribution is -0.124. The van der Waals surface area contributed by atoms with E-state index in [1.807, 2.05) is 20.8 Å². The Bertz CT molecular complexity index is 81.0. The van der Waals surface area contributed by atoms with Crippen LogP contribution >= 0.6 is 0 Å². The van der Waals surface area contributed by atoms with Crippen LogP contribution in [0.3, 0.4) is 0 Å². The maximum atomic E-state index is 10.5. The van der Waals surface area contributed by atoms with Crippen molar-refractivity contribution in [2.45, 2.75) is 27.7 Å². The Hall–Kier alpha value is -0.370. The number of carbonyl (C=O) groups is 1. The van der Waals surface area contributed by atoms with Gasteiger partial charge in [-0.1, -0.05) is 20.8 Å². The van der Waals surface area contributed by atoms with E-state index in [1.54, 1.807) is 6.92 Å². The van der Waals surface area contributed by atoms with Crippen LogP contribution in [0.4, 0.5) is 0 Å². The molecular weight excluding hydrogens is 102 g/mol. The Kier molecular flexibility index (Phi) is 3.73. The first-order valence-electron chi connectivity index (χ1n) is 2.45. The minimum absolute atomic E-state index is 0. The summed E-state index contributed by atoms with van der Waals surface area (Å²) in [4.78, 5) is 10.5. The predicted octanol–water partition coefficient (Wildman–Crippen LogP) is 1.14. The Balaban J connectivity index is 0. The summed E-state index contributed by atoms with van der Waals surface area (Å²) < 4.78 is 0. The minimum Gasteiger partial charge on any atom is -0.299 e. The first-order chi connectivity index (χ1) is 2.94. The number of carbonyl (C=O) groups excluding carboxylic acids is 1. The molecule has 0 fully saturated rings. The SMILES string of the molecule is CC(=O)C(C)(C)C.[N]. The van der Waals surface area contributed by atoms with Crippen molar-refractivity contribution in [2.75, 3.05) is 0 Å². The fraction of sp³-hybridized carbons (Fsp3) is 0.833. The number of Topliss-reactive ketones (excluding diaryl/α,β-unsaturated/α-hetero) is 1. The number of ketones is 1. The van der Waals surface area contributed by atoms with E-state index < -0.39 is 0 Å². The Morgan fingerprint density at radius 2 is 1.38 bits per heavy atom. The van der Waals surface area contributed by atoms with Gasteiger partial charge in [0.25, 0.3) is 0 Å². The van der Waals surface area contributed by atoms with Crippen LogP contribution in [0.5, 0.6) is 0 Å². The van der Waals surface area contributed by atoms with E-state index >= 15 is 0 Å². The van der Waals surface area contributed by atoms with E-state index in [4.69, 9.17) is 0 Å². The summed E-state index contributed by atoms with van der Waals surface area (Å²) in [7, 11) is 0. The second-order valence-electron chi connectivity index (χ2n) is 2.81. The van der Waals surface area contributed by atoms with E-state index in [9.17, 15) is 4.79 Å². The molecule has 0 unspecified atom stereocenters. The molecule has 2 nitrogen and oxygen atoms in total. The third-order valence-corrected chi connectivity index (χ3v) is 1.06. The van der Waals surface area contributed by atoms with Gasteiger partial charge in [-0.15, -0.1) is 0 Å². The molecule has 0 saturated carbocycles. The molecule has 3 radical (unpaired) electrons.